The summed E-state index contributed by atoms with van der Waals surface area (Å²) >= 11 is 0. The number of benzene rings is 3. The van der Waals surface area contributed by atoms with Crippen LogP contribution in [0.3, 0.4) is 0 Å². The normalized spacial score (nSPS) is 20.1. The van der Waals surface area contributed by atoms with Gasteiger partial charge in [-0.1, -0.05) is 25.1 Å². The maximum atomic E-state index is 14.4. The number of carbonyl (C=O) groups excluding carboxylic acids is 2. The predicted octanol–water partition coefficient (Wildman–Crippen LogP) is 5.06. The van der Waals surface area contributed by atoms with Gasteiger partial charge in [0.25, 0.3) is 21.8 Å². The summed E-state index contributed by atoms with van der Waals surface area (Å²) in [5.41, 5.74) is 0.917. The van der Waals surface area contributed by atoms with E-state index >= 15 is 0 Å². The molecule has 4 rings (SSSR count). The highest BCUT2D eigenvalue weighted by molar-refractivity contribution is 7.92. The molecule has 0 spiro atoms. The number of aliphatic hydroxyl groups is 1. The zero-order valence-electron chi connectivity index (χ0n) is 28.3. The SMILES string of the molecule is COc1ccc(S(=O)(=O)Nc2ccc3c(c2)C(=O)N([C@@H](C)CO)C[C@@H](C)[C@@H](CN(C)C(=O)c2ccccc2)OCCCC[C@H](C)O3)cc1. The number of sulfonamides is 1. The number of hydrogen-bond donors (Lipinski definition) is 2. The third kappa shape index (κ3) is 9.48. The number of rotatable bonds is 9. The molecule has 0 saturated carbocycles. The third-order valence-electron chi connectivity index (χ3n) is 8.49. The number of anilines is 1. The van der Waals surface area contributed by atoms with Gasteiger partial charge in [0.05, 0.1) is 42.4 Å². The molecule has 11 nitrogen and oxygen atoms in total. The maximum absolute atomic E-state index is 14.4. The Bertz CT molecular complexity index is 1620. The number of methoxy groups -OCH3 is 1. The number of likely N-dealkylation sites (N-methyl/N-ethyl adjacent to an activating group) is 1. The Labute approximate surface area is 283 Å². The maximum Gasteiger partial charge on any atom is 0.261 e. The summed E-state index contributed by atoms with van der Waals surface area (Å²) in [5, 5.41) is 10.2. The minimum absolute atomic E-state index is 0.0330. The standard InChI is InChI=1S/C36H47N3O8S/c1-25-22-39(26(2)24-40)36(42)32-21-29(37-48(43,44)31-17-15-30(45-5)16-18-31)14-19-33(32)47-27(3)11-9-10-20-46-34(25)23-38(4)35(41)28-12-7-6-8-13-28/h6-8,12-19,21,25-27,34,37,40H,9-11,20,22-24H2,1-5H3/t25-,26+,27+,34-/m1/s1. The molecule has 2 amide bonds. The second kappa shape index (κ2) is 16.8. The molecule has 0 aliphatic carbocycles. The third-order valence-corrected chi connectivity index (χ3v) is 9.89. The summed E-state index contributed by atoms with van der Waals surface area (Å²) < 4.78 is 46.8. The lowest BCUT2D eigenvalue weighted by molar-refractivity contribution is -0.0149. The van der Waals surface area contributed by atoms with Crippen LogP contribution >= 0.6 is 0 Å². The van der Waals surface area contributed by atoms with Crippen LogP contribution in [0.2, 0.25) is 0 Å². The molecule has 3 aromatic rings. The van der Waals surface area contributed by atoms with Gasteiger partial charge in [-0.3, -0.25) is 14.3 Å². The molecule has 12 heteroatoms. The number of nitrogens with one attached hydrogen (secondary N) is 1. The average Bonchev–Trinajstić information content (AvgIpc) is 3.09. The molecule has 0 unspecified atom stereocenters. The number of amides is 2. The van der Waals surface area contributed by atoms with Crippen molar-refractivity contribution in [2.45, 2.75) is 63.2 Å². The lowest BCUT2D eigenvalue weighted by Gasteiger charge is -2.36. The lowest BCUT2D eigenvalue weighted by atomic mass is 10.0. The molecule has 48 heavy (non-hydrogen) atoms. The van der Waals surface area contributed by atoms with Gasteiger partial charge in [-0.2, -0.15) is 0 Å². The van der Waals surface area contributed by atoms with E-state index in [-0.39, 0.29) is 47.2 Å². The number of carbonyl (C=O) groups is 2. The van der Waals surface area contributed by atoms with Crippen molar-refractivity contribution in [2.75, 3.05) is 45.2 Å². The second-order valence-corrected chi connectivity index (χ2v) is 14.0. The van der Waals surface area contributed by atoms with Crippen molar-refractivity contribution in [3.8, 4) is 11.5 Å². The molecule has 1 aliphatic rings. The van der Waals surface area contributed by atoms with E-state index in [1.807, 2.05) is 32.0 Å². The second-order valence-electron chi connectivity index (χ2n) is 12.3. The van der Waals surface area contributed by atoms with Crippen molar-refractivity contribution >= 4 is 27.5 Å². The summed E-state index contributed by atoms with van der Waals surface area (Å²) in [6, 6.07) is 19.1. The Morgan fingerprint density at radius 1 is 1.08 bits per heavy atom. The van der Waals surface area contributed by atoms with E-state index in [9.17, 15) is 23.1 Å². The zero-order chi connectivity index (χ0) is 34.8. The highest BCUT2D eigenvalue weighted by Crippen LogP contribution is 2.30. The fourth-order valence-electron chi connectivity index (χ4n) is 5.57. The highest BCUT2D eigenvalue weighted by atomic mass is 32.2. The van der Waals surface area contributed by atoms with Crippen LogP contribution in [-0.2, 0) is 14.8 Å². The van der Waals surface area contributed by atoms with Crippen LogP contribution in [0.15, 0.2) is 77.7 Å². The van der Waals surface area contributed by atoms with Gasteiger partial charge in [0.1, 0.15) is 11.5 Å². The molecular formula is C36H47N3O8S. The summed E-state index contributed by atoms with van der Waals surface area (Å²) in [6.45, 7) is 6.31. The van der Waals surface area contributed by atoms with Crippen LogP contribution in [0.4, 0.5) is 5.69 Å². The van der Waals surface area contributed by atoms with Crippen molar-refractivity contribution < 1.29 is 37.3 Å². The smallest absolute Gasteiger partial charge is 0.261 e. The van der Waals surface area contributed by atoms with E-state index < -0.39 is 28.1 Å². The van der Waals surface area contributed by atoms with E-state index in [1.54, 1.807) is 60.2 Å². The van der Waals surface area contributed by atoms with Gasteiger partial charge in [-0.15, -0.1) is 0 Å². The van der Waals surface area contributed by atoms with Crippen molar-refractivity contribution in [3.05, 3.63) is 83.9 Å². The van der Waals surface area contributed by atoms with E-state index in [0.29, 0.717) is 36.6 Å². The Hall–Kier alpha value is -4.13. The Kier molecular flexibility index (Phi) is 12.9. The van der Waals surface area contributed by atoms with Crippen molar-refractivity contribution in [1.82, 2.24) is 9.80 Å². The topological polar surface area (TPSA) is 135 Å². The molecule has 0 saturated heterocycles. The van der Waals surface area contributed by atoms with Crippen LogP contribution in [0.25, 0.3) is 0 Å². The van der Waals surface area contributed by atoms with E-state index in [4.69, 9.17) is 14.2 Å². The number of hydrogen-bond acceptors (Lipinski definition) is 8. The molecule has 260 valence electrons. The quantitative estimate of drug-likeness (QED) is 0.320. The van der Waals surface area contributed by atoms with Crippen LogP contribution < -0.4 is 14.2 Å². The van der Waals surface area contributed by atoms with Gasteiger partial charge in [-0.25, -0.2) is 8.42 Å². The molecule has 1 heterocycles. The van der Waals surface area contributed by atoms with E-state index in [1.165, 1.54) is 25.3 Å². The Morgan fingerprint density at radius 3 is 2.46 bits per heavy atom. The summed E-state index contributed by atoms with van der Waals surface area (Å²) in [7, 11) is -0.758. The van der Waals surface area contributed by atoms with Crippen molar-refractivity contribution in [2.24, 2.45) is 5.92 Å². The molecule has 0 radical (unpaired) electrons. The number of ether oxygens (including phenoxy) is 3. The van der Waals surface area contributed by atoms with Gasteiger partial charge in [0, 0.05) is 43.9 Å². The summed E-state index contributed by atoms with van der Waals surface area (Å²) in [6.07, 6.45) is 1.66. The largest absolute Gasteiger partial charge is 0.497 e. The monoisotopic (exact) mass is 681 g/mol. The van der Waals surface area contributed by atoms with Crippen LogP contribution in [0, 0.1) is 5.92 Å². The first-order chi connectivity index (χ1) is 22.9. The molecule has 0 fully saturated rings. The zero-order valence-corrected chi connectivity index (χ0v) is 29.1. The Morgan fingerprint density at radius 2 is 1.79 bits per heavy atom. The number of nitrogens with zero attached hydrogens (tertiary/aromatic N) is 2. The molecule has 0 bridgehead atoms. The molecule has 1 aliphatic heterocycles. The van der Waals surface area contributed by atoms with E-state index in [0.717, 1.165) is 12.8 Å². The molecule has 0 aromatic heterocycles. The van der Waals surface area contributed by atoms with Gasteiger partial charge in [0.15, 0.2) is 0 Å². The number of aliphatic hydroxyl groups excluding tert-OH is 1. The molecule has 2 N–H and O–H groups in total. The fraction of sp³-hybridized carbons (Fsp3) is 0.444. The fourth-order valence-corrected chi connectivity index (χ4v) is 6.62. The number of fused-ring (bicyclic) bond motifs is 1. The minimum Gasteiger partial charge on any atom is -0.497 e. The first-order valence-electron chi connectivity index (χ1n) is 16.2. The Balaban J connectivity index is 1.65. The average molecular weight is 682 g/mol. The predicted molar refractivity (Wildman–Crippen MR) is 184 cm³/mol. The molecule has 3 aromatic carbocycles. The van der Waals surface area contributed by atoms with E-state index in [2.05, 4.69) is 4.72 Å². The van der Waals surface area contributed by atoms with Gasteiger partial charge < -0.3 is 29.1 Å². The van der Waals surface area contributed by atoms with Crippen molar-refractivity contribution in [1.29, 1.82) is 0 Å². The first-order valence-corrected chi connectivity index (χ1v) is 17.7. The molecule has 4 atom stereocenters. The minimum atomic E-state index is -3.99. The van der Waals surface area contributed by atoms with Gasteiger partial charge in [-0.05, 0) is 87.7 Å². The van der Waals surface area contributed by atoms with Gasteiger partial charge >= 0.3 is 0 Å². The lowest BCUT2D eigenvalue weighted by Crippen LogP contribution is -2.48. The van der Waals surface area contributed by atoms with Crippen LogP contribution in [-0.4, -0.2) is 93.8 Å². The first kappa shape index (κ1) is 36.7. The summed E-state index contributed by atoms with van der Waals surface area (Å²) in [4.78, 5) is 30.8. The highest BCUT2D eigenvalue weighted by Gasteiger charge is 2.31. The van der Waals surface area contributed by atoms with Crippen molar-refractivity contribution in [3.63, 3.8) is 0 Å². The summed E-state index contributed by atoms with van der Waals surface area (Å²) in [5.74, 6) is 0.0387. The van der Waals surface area contributed by atoms with Crippen LogP contribution in [0.5, 0.6) is 11.5 Å². The van der Waals surface area contributed by atoms with Crippen LogP contribution in [0.1, 0.15) is 60.7 Å². The van der Waals surface area contributed by atoms with Gasteiger partial charge in [0.2, 0.25) is 0 Å². The molecular weight excluding hydrogens is 634 g/mol.